The zero-order valence-electron chi connectivity index (χ0n) is 10.4. The minimum atomic E-state index is -0.516. The summed E-state index contributed by atoms with van der Waals surface area (Å²) in [5, 5.41) is 2.63. The molecule has 1 rings (SSSR count). The van der Waals surface area contributed by atoms with Crippen LogP contribution in [0.2, 0.25) is 0 Å². The van der Waals surface area contributed by atoms with Gasteiger partial charge in [0, 0.05) is 16.6 Å². The van der Waals surface area contributed by atoms with Crippen LogP contribution in [0.3, 0.4) is 0 Å². The SMILES string of the molecule is COc1cc(NC(=O)OC(C)(C)C)ccc1S. The molecule has 1 amide bonds. The van der Waals surface area contributed by atoms with E-state index >= 15 is 0 Å². The molecule has 0 spiro atoms. The van der Waals surface area contributed by atoms with Crippen molar-refractivity contribution < 1.29 is 14.3 Å². The number of ether oxygens (including phenoxy) is 2. The molecule has 17 heavy (non-hydrogen) atoms. The summed E-state index contributed by atoms with van der Waals surface area (Å²) in [6.45, 7) is 5.43. The molecule has 0 heterocycles. The van der Waals surface area contributed by atoms with E-state index in [0.717, 1.165) is 0 Å². The lowest BCUT2D eigenvalue weighted by Crippen LogP contribution is -2.27. The van der Waals surface area contributed by atoms with Crippen LogP contribution in [0.1, 0.15) is 20.8 Å². The van der Waals surface area contributed by atoms with Gasteiger partial charge in [-0.05, 0) is 32.9 Å². The fourth-order valence-electron chi connectivity index (χ4n) is 1.18. The highest BCUT2D eigenvalue weighted by molar-refractivity contribution is 7.80. The van der Waals surface area contributed by atoms with Gasteiger partial charge in [-0.3, -0.25) is 5.32 Å². The fraction of sp³-hybridized carbons (Fsp3) is 0.417. The van der Waals surface area contributed by atoms with E-state index in [9.17, 15) is 4.79 Å². The zero-order valence-corrected chi connectivity index (χ0v) is 11.3. The van der Waals surface area contributed by atoms with Crippen LogP contribution >= 0.6 is 12.6 Å². The first-order valence-corrected chi connectivity index (χ1v) is 5.63. The summed E-state index contributed by atoms with van der Waals surface area (Å²) < 4.78 is 10.2. The second-order valence-electron chi connectivity index (χ2n) is 4.51. The fourth-order valence-corrected chi connectivity index (χ4v) is 1.41. The summed E-state index contributed by atoms with van der Waals surface area (Å²) in [6, 6.07) is 5.16. The average molecular weight is 255 g/mol. The molecule has 94 valence electrons. The molecule has 0 radical (unpaired) electrons. The first-order valence-electron chi connectivity index (χ1n) is 5.19. The Hall–Kier alpha value is -1.36. The quantitative estimate of drug-likeness (QED) is 0.797. The van der Waals surface area contributed by atoms with Gasteiger partial charge >= 0.3 is 6.09 Å². The van der Waals surface area contributed by atoms with Crippen molar-refractivity contribution >= 4 is 24.4 Å². The van der Waals surface area contributed by atoms with Gasteiger partial charge in [-0.2, -0.15) is 0 Å². The largest absolute Gasteiger partial charge is 0.496 e. The molecule has 0 fully saturated rings. The number of carbonyl (C=O) groups excluding carboxylic acids is 1. The molecule has 1 aromatic carbocycles. The Morgan fingerprint density at radius 2 is 2.00 bits per heavy atom. The third kappa shape index (κ3) is 4.56. The third-order valence-corrected chi connectivity index (χ3v) is 2.19. The highest BCUT2D eigenvalue weighted by Crippen LogP contribution is 2.26. The summed E-state index contributed by atoms with van der Waals surface area (Å²) in [7, 11) is 1.55. The van der Waals surface area contributed by atoms with Gasteiger partial charge in [0.1, 0.15) is 11.4 Å². The minimum absolute atomic E-state index is 0.494. The lowest BCUT2D eigenvalue weighted by atomic mass is 10.2. The molecule has 4 nitrogen and oxygen atoms in total. The van der Waals surface area contributed by atoms with Crippen LogP contribution in [0.4, 0.5) is 10.5 Å². The summed E-state index contributed by atoms with van der Waals surface area (Å²) >= 11 is 4.22. The number of benzene rings is 1. The molecule has 0 unspecified atom stereocenters. The van der Waals surface area contributed by atoms with Crippen molar-refractivity contribution in [2.45, 2.75) is 31.3 Å². The standard InChI is InChI=1S/C12H17NO3S/c1-12(2,3)16-11(14)13-8-5-6-10(17)9(7-8)15-4/h5-7,17H,1-4H3,(H,13,14). The Bertz CT molecular complexity index is 413. The molecule has 0 aliphatic heterocycles. The third-order valence-electron chi connectivity index (χ3n) is 1.83. The maximum Gasteiger partial charge on any atom is 0.412 e. The van der Waals surface area contributed by atoms with Crippen molar-refractivity contribution in [3.63, 3.8) is 0 Å². The second-order valence-corrected chi connectivity index (χ2v) is 5.00. The number of hydrogen-bond acceptors (Lipinski definition) is 4. The summed E-state index contributed by atoms with van der Waals surface area (Å²) in [5.41, 5.74) is 0.0892. The normalized spacial score (nSPS) is 10.9. The van der Waals surface area contributed by atoms with E-state index in [-0.39, 0.29) is 0 Å². The molecule has 1 N–H and O–H groups in total. The Labute approximate surface area is 107 Å². The van der Waals surface area contributed by atoms with E-state index < -0.39 is 11.7 Å². The number of amides is 1. The number of thiol groups is 1. The second kappa shape index (κ2) is 5.31. The highest BCUT2D eigenvalue weighted by Gasteiger charge is 2.16. The molecular weight excluding hydrogens is 238 g/mol. The van der Waals surface area contributed by atoms with E-state index in [1.54, 1.807) is 25.3 Å². The number of hydrogen-bond donors (Lipinski definition) is 2. The predicted molar refractivity (Wildman–Crippen MR) is 70.1 cm³/mol. The van der Waals surface area contributed by atoms with E-state index in [1.165, 1.54) is 0 Å². The van der Waals surface area contributed by atoms with E-state index in [1.807, 2.05) is 20.8 Å². The predicted octanol–water partition coefficient (Wildman–Crippen LogP) is 3.33. The van der Waals surface area contributed by atoms with Gasteiger partial charge in [-0.1, -0.05) is 0 Å². The number of methoxy groups -OCH3 is 1. The first kappa shape index (κ1) is 13.7. The van der Waals surface area contributed by atoms with Crippen LogP contribution in [0, 0.1) is 0 Å². The van der Waals surface area contributed by atoms with Crippen LogP contribution in [-0.2, 0) is 4.74 Å². The lowest BCUT2D eigenvalue weighted by Gasteiger charge is -2.19. The topological polar surface area (TPSA) is 47.6 Å². The van der Waals surface area contributed by atoms with E-state index in [4.69, 9.17) is 9.47 Å². The molecule has 5 heteroatoms. The molecule has 0 bridgehead atoms. The Morgan fingerprint density at radius 3 is 2.53 bits per heavy atom. The number of rotatable bonds is 2. The average Bonchev–Trinajstić information content (AvgIpc) is 2.18. The van der Waals surface area contributed by atoms with Crippen LogP contribution in [0.25, 0.3) is 0 Å². The van der Waals surface area contributed by atoms with Gasteiger partial charge in [0.25, 0.3) is 0 Å². The molecular formula is C12H17NO3S. The van der Waals surface area contributed by atoms with Crippen molar-refractivity contribution in [2.75, 3.05) is 12.4 Å². The lowest BCUT2D eigenvalue weighted by molar-refractivity contribution is 0.0636. The minimum Gasteiger partial charge on any atom is -0.496 e. The Kier molecular flexibility index (Phi) is 4.28. The van der Waals surface area contributed by atoms with Gasteiger partial charge in [0.2, 0.25) is 0 Å². The maximum absolute atomic E-state index is 11.5. The number of anilines is 1. The Balaban J connectivity index is 2.72. The van der Waals surface area contributed by atoms with Gasteiger partial charge < -0.3 is 9.47 Å². The van der Waals surface area contributed by atoms with Gasteiger partial charge in [0.15, 0.2) is 0 Å². The number of carbonyl (C=O) groups is 1. The molecule has 0 saturated carbocycles. The van der Waals surface area contributed by atoms with E-state index in [0.29, 0.717) is 16.3 Å². The molecule has 0 atom stereocenters. The summed E-state index contributed by atoms with van der Waals surface area (Å²) in [6.07, 6.45) is -0.494. The molecule has 0 aliphatic rings. The van der Waals surface area contributed by atoms with Crippen molar-refractivity contribution in [1.29, 1.82) is 0 Å². The molecule has 0 saturated heterocycles. The van der Waals surface area contributed by atoms with Crippen molar-refractivity contribution in [1.82, 2.24) is 0 Å². The maximum atomic E-state index is 11.5. The van der Waals surface area contributed by atoms with Gasteiger partial charge in [0.05, 0.1) is 7.11 Å². The smallest absolute Gasteiger partial charge is 0.412 e. The molecule has 0 aromatic heterocycles. The van der Waals surface area contributed by atoms with Gasteiger partial charge in [-0.25, -0.2) is 4.79 Å². The van der Waals surface area contributed by atoms with Crippen molar-refractivity contribution in [2.24, 2.45) is 0 Å². The Morgan fingerprint density at radius 1 is 1.35 bits per heavy atom. The summed E-state index contributed by atoms with van der Waals surface area (Å²) in [4.78, 5) is 12.2. The zero-order chi connectivity index (χ0) is 13.1. The van der Waals surface area contributed by atoms with Gasteiger partial charge in [-0.15, -0.1) is 12.6 Å². The van der Waals surface area contributed by atoms with E-state index in [2.05, 4.69) is 17.9 Å². The number of nitrogens with one attached hydrogen (secondary N) is 1. The monoisotopic (exact) mass is 255 g/mol. The first-order chi connectivity index (χ1) is 7.81. The highest BCUT2D eigenvalue weighted by atomic mass is 32.1. The van der Waals surface area contributed by atoms with Crippen LogP contribution in [-0.4, -0.2) is 18.8 Å². The molecule has 1 aromatic rings. The van der Waals surface area contributed by atoms with Crippen LogP contribution < -0.4 is 10.1 Å². The molecule has 0 aliphatic carbocycles. The summed E-state index contributed by atoms with van der Waals surface area (Å²) in [5.74, 6) is 0.599. The van der Waals surface area contributed by atoms with Crippen LogP contribution in [0.5, 0.6) is 5.75 Å². The van der Waals surface area contributed by atoms with Crippen molar-refractivity contribution in [3.05, 3.63) is 18.2 Å². The van der Waals surface area contributed by atoms with Crippen LogP contribution in [0.15, 0.2) is 23.1 Å². The van der Waals surface area contributed by atoms with Crippen molar-refractivity contribution in [3.8, 4) is 5.75 Å².